The molecule has 0 unspecified atom stereocenters. The molecule has 0 radical (unpaired) electrons. The van der Waals surface area contributed by atoms with Crippen molar-refractivity contribution in [3.8, 4) is 16.9 Å². The summed E-state index contributed by atoms with van der Waals surface area (Å²) < 4.78 is 26.7. The summed E-state index contributed by atoms with van der Waals surface area (Å²) in [5.74, 6) is 1.08. The van der Waals surface area contributed by atoms with Crippen LogP contribution in [0.25, 0.3) is 22.0 Å². The number of amides is 1. The van der Waals surface area contributed by atoms with Crippen LogP contribution in [0.4, 0.5) is 9.18 Å². The summed E-state index contributed by atoms with van der Waals surface area (Å²) in [7, 11) is 1.60. The topological polar surface area (TPSA) is 80.4 Å². The van der Waals surface area contributed by atoms with Crippen molar-refractivity contribution in [2.75, 3.05) is 19.4 Å². The van der Waals surface area contributed by atoms with Gasteiger partial charge >= 0.3 is 6.09 Å². The zero-order chi connectivity index (χ0) is 26.4. The number of H-pyrrole nitrogens is 1. The van der Waals surface area contributed by atoms with Gasteiger partial charge in [0, 0.05) is 28.7 Å². The number of aromatic amines is 1. The molecule has 0 spiro atoms. The molecule has 1 aromatic heterocycles. The molecule has 6 nitrogen and oxygen atoms in total. The van der Waals surface area contributed by atoms with Crippen LogP contribution >= 0.6 is 11.8 Å². The van der Waals surface area contributed by atoms with E-state index in [1.165, 1.54) is 6.07 Å². The number of rotatable bonds is 5. The molecule has 2 aromatic carbocycles. The van der Waals surface area contributed by atoms with Crippen LogP contribution in [0.2, 0.25) is 0 Å². The largest absolute Gasteiger partial charge is 0.496 e. The summed E-state index contributed by atoms with van der Waals surface area (Å²) in [5.41, 5.74) is 3.18. The van der Waals surface area contributed by atoms with Gasteiger partial charge in [-0.25, -0.2) is 9.18 Å². The molecule has 192 valence electrons. The second-order valence-electron chi connectivity index (χ2n) is 10.8. The number of pyridine rings is 1. The second kappa shape index (κ2) is 9.47. The van der Waals surface area contributed by atoms with Crippen molar-refractivity contribution in [2.24, 2.45) is 0 Å². The molecule has 0 aliphatic carbocycles. The highest BCUT2D eigenvalue weighted by molar-refractivity contribution is 7.99. The van der Waals surface area contributed by atoms with Gasteiger partial charge in [0.2, 0.25) is 0 Å². The summed E-state index contributed by atoms with van der Waals surface area (Å²) in [4.78, 5) is 28.6. The Bertz CT molecular complexity index is 1410. The van der Waals surface area contributed by atoms with Crippen LogP contribution in [0, 0.1) is 12.7 Å². The van der Waals surface area contributed by atoms with Gasteiger partial charge in [0.15, 0.2) is 0 Å². The van der Waals surface area contributed by atoms with Gasteiger partial charge in [-0.05, 0) is 68.5 Å². The number of carbonyl (C=O) groups is 1. The third-order valence-corrected chi connectivity index (χ3v) is 7.52. The Morgan fingerprint density at radius 3 is 2.56 bits per heavy atom. The van der Waals surface area contributed by atoms with Crippen molar-refractivity contribution < 1.29 is 18.7 Å². The first-order valence-corrected chi connectivity index (χ1v) is 13.0. The van der Waals surface area contributed by atoms with E-state index in [-0.39, 0.29) is 17.9 Å². The Hall–Kier alpha value is -3.00. The maximum Gasteiger partial charge on any atom is 0.407 e. The monoisotopic (exact) mass is 512 g/mol. The van der Waals surface area contributed by atoms with Crippen LogP contribution in [0.3, 0.4) is 0 Å². The molecule has 0 bridgehead atoms. The summed E-state index contributed by atoms with van der Waals surface area (Å²) in [6, 6.07) is 7.02. The van der Waals surface area contributed by atoms with Gasteiger partial charge in [-0.15, -0.1) is 11.8 Å². The first-order valence-electron chi connectivity index (χ1n) is 12.0. The number of fused-ring (bicyclic) bond motifs is 3. The van der Waals surface area contributed by atoms with E-state index in [4.69, 9.17) is 9.47 Å². The molecule has 0 saturated carbocycles. The van der Waals surface area contributed by atoms with Crippen LogP contribution in [0.1, 0.15) is 51.3 Å². The molecule has 1 aliphatic heterocycles. The van der Waals surface area contributed by atoms with E-state index in [0.717, 1.165) is 44.7 Å². The number of methoxy groups -OCH3 is 1. The smallest absolute Gasteiger partial charge is 0.407 e. The number of carbonyl (C=O) groups excluding carboxylic acids is 1. The third-order valence-electron chi connectivity index (χ3n) is 6.39. The van der Waals surface area contributed by atoms with E-state index in [1.807, 2.05) is 32.9 Å². The number of ether oxygens (including phenoxy) is 2. The normalized spacial score (nSPS) is 13.6. The number of aromatic nitrogens is 1. The lowest BCUT2D eigenvalue weighted by Gasteiger charge is -2.28. The number of hydrogen-bond donors (Lipinski definition) is 2. The summed E-state index contributed by atoms with van der Waals surface area (Å²) in [5, 5.41) is 3.66. The van der Waals surface area contributed by atoms with E-state index in [0.29, 0.717) is 16.9 Å². The fourth-order valence-corrected chi connectivity index (χ4v) is 5.76. The molecular weight excluding hydrogens is 479 g/mol. The maximum absolute atomic E-state index is 15.6. The Balaban J connectivity index is 1.77. The van der Waals surface area contributed by atoms with Crippen LogP contribution in [-0.2, 0) is 16.6 Å². The minimum atomic E-state index is -0.679. The molecule has 0 atom stereocenters. The summed E-state index contributed by atoms with van der Waals surface area (Å²) in [6.45, 7) is 11.3. The van der Waals surface area contributed by atoms with E-state index >= 15 is 4.39 Å². The van der Waals surface area contributed by atoms with Gasteiger partial charge in [0.1, 0.15) is 17.2 Å². The Labute approximate surface area is 215 Å². The molecule has 8 heteroatoms. The molecule has 4 rings (SSSR count). The quantitative estimate of drug-likeness (QED) is 0.432. The number of thioether (sulfide) groups is 1. The lowest BCUT2D eigenvalue weighted by atomic mass is 9.83. The molecule has 0 saturated heterocycles. The Morgan fingerprint density at radius 1 is 1.19 bits per heavy atom. The third kappa shape index (κ3) is 4.96. The fraction of sp³-hybridized carbons (Fsp3) is 0.429. The lowest BCUT2D eigenvalue weighted by Crippen LogP contribution is -2.40. The zero-order valence-electron chi connectivity index (χ0n) is 21.8. The number of aryl methyl sites for hydroxylation is 2. The number of benzene rings is 2. The number of alkyl carbamates (subject to hydrolysis) is 1. The maximum atomic E-state index is 15.6. The van der Waals surface area contributed by atoms with Crippen molar-refractivity contribution >= 4 is 28.8 Å². The fourth-order valence-electron chi connectivity index (χ4n) is 4.69. The van der Waals surface area contributed by atoms with E-state index < -0.39 is 17.1 Å². The van der Waals surface area contributed by atoms with Gasteiger partial charge in [-0.3, -0.25) is 4.79 Å². The van der Waals surface area contributed by atoms with Crippen LogP contribution < -0.4 is 15.6 Å². The average molecular weight is 513 g/mol. The van der Waals surface area contributed by atoms with Crippen molar-refractivity contribution in [1.82, 2.24) is 10.3 Å². The van der Waals surface area contributed by atoms with Gasteiger partial charge in [0.25, 0.3) is 5.56 Å². The second-order valence-corrected chi connectivity index (χ2v) is 11.9. The molecule has 2 N–H and O–H groups in total. The predicted molar refractivity (Wildman–Crippen MR) is 143 cm³/mol. The van der Waals surface area contributed by atoms with Crippen LogP contribution in [0.15, 0.2) is 34.0 Å². The van der Waals surface area contributed by atoms with Gasteiger partial charge in [-0.1, -0.05) is 26.0 Å². The number of halogens is 1. The van der Waals surface area contributed by atoms with E-state index in [1.54, 1.807) is 45.7 Å². The standard InChI is InChI=1S/C28H33FN2O4S/c1-15-12-20(34-7)21(22-17-10-11-36-24(17)25(32)31-23(15)22)16-8-9-18(19(29)13-16)28(5,6)14-30-26(33)35-27(2,3)4/h8-9,12-13H,10-11,14H2,1-7H3,(H,30,33)(H,31,32). The highest BCUT2D eigenvalue weighted by atomic mass is 32.2. The highest BCUT2D eigenvalue weighted by Crippen LogP contribution is 2.44. The zero-order valence-corrected chi connectivity index (χ0v) is 22.7. The SMILES string of the molecule is COc1cc(C)c2[nH]c(=O)c3c(c2c1-c1ccc(C(C)(C)CNC(=O)OC(C)(C)C)c(F)c1)CCS3. The Kier molecular flexibility index (Phi) is 6.86. The number of nitrogens with one attached hydrogen (secondary N) is 2. The van der Waals surface area contributed by atoms with Gasteiger partial charge in [0.05, 0.1) is 17.5 Å². The average Bonchev–Trinajstić information content (AvgIpc) is 3.28. The number of hydrogen-bond acceptors (Lipinski definition) is 5. The predicted octanol–water partition coefficient (Wildman–Crippen LogP) is 6.10. The van der Waals surface area contributed by atoms with Crippen molar-refractivity contribution in [3.05, 3.63) is 57.1 Å². The summed E-state index contributed by atoms with van der Waals surface area (Å²) in [6.07, 6.45) is 0.230. The minimum absolute atomic E-state index is 0.0833. The lowest BCUT2D eigenvalue weighted by molar-refractivity contribution is 0.0517. The molecule has 36 heavy (non-hydrogen) atoms. The van der Waals surface area contributed by atoms with Gasteiger partial charge in [-0.2, -0.15) is 0 Å². The highest BCUT2D eigenvalue weighted by Gasteiger charge is 2.28. The van der Waals surface area contributed by atoms with Crippen molar-refractivity contribution in [1.29, 1.82) is 0 Å². The van der Waals surface area contributed by atoms with Crippen LogP contribution in [0.5, 0.6) is 5.75 Å². The molecule has 0 fully saturated rings. The molecule has 1 amide bonds. The molecule has 1 aliphatic rings. The first kappa shape index (κ1) is 26.1. The van der Waals surface area contributed by atoms with Crippen molar-refractivity contribution in [2.45, 2.75) is 63.9 Å². The molecule has 3 aromatic rings. The van der Waals surface area contributed by atoms with Crippen LogP contribution in [-0.4, -0.2) is 36.1 Å². The Morgan fingerprint density at radius 2 is 1.92 bits per heavy atom. The van der Waals surface area contributed by atoms with Gasteiger partial charge < -0.3 is 19.8 Å². The minimum Gasteiger partial charge on any atom is -0.496 e. The molecular formula is C28H33FN2O4S. The van der Waals surface area contributed by atoms with Crippen molar-refractivity contribution in [3.63, 3.8) is 0 Å². The van der Waals surface area contributed by atoms with E-state index in [2.05, 4.69) is 10.3 Å². The molecule has 2 heterocycles. The first-order chi connectivity index (χ1) is 16.8. The van der Waals surface area contributed by atoms with E-state index in [9.17, 15) is 9.59 Å². The summed E-state index contributed by atoms with van der Waals surface area (Å²) >= 11 is 1.55.